The van der Waals surface area contributed by atoms with Crippen LogP contribution >= 0.6 is 7.82 Å². The number of phosphoric ester groups is 1. The number of likely N-dealkylation sites (N-methyl/N-ethyl adjacent to an activating group) is 1. The van der Waals surface area contributed by atoms with Crippen LogP contribution in [0.4, 0.5) is 0 Å². The molecule has 0 heterocycles. The third kappa shape index (κ3) is 70.4. The second-order valence-electron chi connectivity index (χ2n) is 28.1. The number of amides is 1. The third-order valence-electron chi connectivity index (χ3n) is 18.2. The van der Waals surface area contributed by atoms with Gasteiger partial charge in [0.15, 0.2) is 0 Å². The minimum absolute atomic E-state index is 0.0779. The summed E-state index contributed by atoms with van der Waals surface area (Å²) in [5, 5.41) is 14.2. The Hall–Kier alpha value is -1.02. The van der Waals surface area contributed by atoms with E-state index in [9.17, 15) is 19.4 Å². The predicted octanol–water partition coefficient (Wildman–Crippen LogP) is 25.0. The second kappa shape index (κ2) is 68.3. The largest absolute Gasteiger partial charge is 0.472 e. The molecule has 0 aromatic carbocycles. The molecule has 0 bridgehead atoms. The summed E-state index contributed by atoms with van der Waals surface area (Å²) >= 11 is 0. The molecule has 0 spiro atoms. The molecule has 0 aliphatic heterocycles. The van der Waals surface area contributed by atoms with Crippen molar-refractivity contribution in [3.8, 4) is 0 Å². The van der Waals surface area contributed by atoms with E-state index in [1.165, 1.54) is 340 Å². The summed E-state index contributed by atoms with van der Waals surface area (Å²) in [5.41, 5.74) is 0. The molecule has 0 fully saturated rings. The van der Waals surface area contributed by atoms with E-state index in [4.69, 9.17) is 9.05 Å². The fourth-order valence-corrected chi connectivity index (χ4v) is 12.9. The highest BCUT2D eigenvalue weighted by molar-refractivity contribution is 7.47. The number of hydrogen-bond donors (Lipinski definition) is 3. The molecule has 3 unspecified atom stereocenters. The first kappa shape index (κ1) is 85.0. The standard InChI is InChI=1S/C77H153N2O6P/c1-6-8-10-12-14-16-18-20-22-24-26-28-30-32-34-36-38-39-41-43-45-47-49-51-53-55-57-59-61-63-65-67-69-71-77(81)78-75(74-85-86(82,83)84-73-72-79(3,4)5)76(80)70-68-66-64-62-60-58-56-54-52-50-48-46-44-42-40-37-35-33-31-29-27-25-23-21-19-17-15-13-11-9-7-2/h18,20,24,26,75-76,80H,6-17,19,21-23,25,27-74H2,1-5H3,(H-,78,81,82,83)/p+1/b20-18-,26-24-. The molecule has 0 radical (unpaired) electrons. The zero-order chi connectivity index (χ0) is 62.6. The maximum Gasteiger partial charge on any atom is 0.472 e. The molecule has 3 N–H and O–H groups in total. The zero-order valence-corrected chi connectivity index (χ0v) is 59.7. The first-order chi connectivity index (χ1) is 42.0. The van der Waals surface area contributed by atoms with E-state index in [2.05, 4.69) is 43.5 Å². The number of unbranched alkanes of at least 4 members (excludes halogenated alkanes) is 56. The van der Waals surface area contributed by atoms with E-state index < -0.39 is 20.0 Å². The second-order valence-corrected chi connectivity index (χ2v) is 29.5. The fourth-order valence-electron chi connectivity index (χ4n) is 12.2. The Bertz CT molecular complexity index is 1450. The van der Waals surface area contributed by atoms with Crippen molar-refractivity contribution in [3.05, 3.63) is 24.3 Å². The number of aliphatic hydroxyl groups excluding tert-OH is 1. The van der Waals surface area contributed by atoms with Crippen LogP contribution in [-0.4, -0.2) is 73.4 Å². The number of rotatable bonds is 73. The van der Waals surface area contributed by atoms with Crippen molar-refractivity contribution in [2.75, 3.05) is 40.9 Å². The minimum atomic E-state index is -4.33. The van der Waals surface area contributed by atoms with Crippen molar-refractivity contribution >= 4 is 13.7 Å². The smallest absolute Gasteiger partial charge is 0.391 e. The Morgan fingerprint density at radius 1 is 0.395 bits per heavy atom. The van der Waals surface area contributed by atoms with Crippen LogP contribution in [0.1, 0.15) is 412 Å². The minimum Gasteiger partial charge on any atom is -0.391 e. The first-order valence-corrected chi connectivity index (χ1v) is 40.2. The molecule has 1 amide bonds. The quantitative estimate of drug-likeness (QED) is 0.0243. The van der Waals surface area contributed by atoms with Gasteiger partial charge in [-0.1, -0.05) is 385 Å². The predicted molar refractivity (Wildman–Crippen MR) is 378 cm³/mol. The summed E-state index contributed by atoms with van der Waals surface area (Å²) in [6.07, 6.45) is 90.3. The van der Waals surface area contributed by atoms with E-state index in [0.29, 0.717) is 23.9 Å². The van der Waals surface area contributed by atoms with Gasteiger partial charge >= 0.3 is 7.82 Å². The van der Waals surface area contributed by atoms with Gasteiger partial charge < -0.3 is 19.8 Å². The molecule has 0 rings (SSSR count). The van der Waals surface area contributed by atoms with Crippen LogP contribution in [0.5, 0.6) is 0 Å². The van der Waals surface area contributed by atoms with Gasteiger partial charge in [-0.25, -0.2) is 4.57 Å². The monoisotopic (exact) mass is 1230 g/mol. The summed E-state index contributed by atoms with van der Waals surface area (Å²) in [6, 6.07) is -0.760. The summed E-state index contributed by atoms with van der Waals surface area (Å²) in [4.78, 5) is 23.5. The summed E-state index contributed by atoms with van der Waals surface area (Å²) in [5.74, 6) is -0.134. The van der Waals surface area contributed by atoms with Crippen molar-refractivity contribution in [2.24, 2.45) is 0 Å². The van der Waals surface area contributed by atoms with Crippen molar-refractivity contribution < 1.29 is 32.9 Å². The topological polar surface area (TPSA) is 105 Å². The van der Waals surface area contributed by atoms with Crippen LogP contribution in [-0.2, 0) is 18.4 Å². The van der Waals surface area contributed by atoms with Gasteiger partial charge in [0.2, 0.25) is 5.91 Å². The van der Waals surface area contributed by atoms with E-state index in [1.54, 1.807) is 0 Å². The summed E-state index contributed by atoms with van der Waals surface area (Å²) in [6.45, 7) is 4.95. The lowest BCUT2D eigenvalue weighted by Gasteiger charge is -2.26. The van der Waals surface area contributed by atoms with E-state index in [0.717, 1.165) is 44.9 Å². The van der Waals surface area contributed by atoms with Gasteiger partial charge in [-0.05, 0) is 44.9 Å². The van der Waals surface area contributed by atoms with E-state index in [1.807, 2.05) is 21.1 Å². The van der Waals surface area contributed by atoms with Crippen LogP contribution in [0.15, 0.2) is 24.3 Å². The molecule has 0 aliphatic rings. The Morgan fingerprint density at radius 3 is 0.953 bits per heavy atom. The van der Waals surface area contributed by atoms with Gasteiger partial charge in [0.1, 0.15) is 13.2 Å². The maximum atomic E-state index is 13.1. The van der Waals surface area contributed by atoms with Crippen LogP contribution in [0.2, 0.25) is 0 Å². The van der Waals surface area contributed by atoms with Gasteiger partial charge in [0.25, 0.3) is 0 Å². The van der Waals surface area contributed by atoms with Gasteiger partial charge in [-0.15, -0.1) is 0 Å². The van der Waals surface area contributed by atoms with Crippen LogP contribution < -0.4 is 5.32 Å². The van der Waals surface area contributed by atoms with Gasteiger partial charge in [-0.3, -0.25) is 13.8 Å². The first-order valence-electron chi connectivity index (χ1n) is 38.7. The zero-order valence-electron chi connectivity index (χ0n) is 58.8. The van der Waals surface area contributed by atoms with E-state index >= 15 is 0 Å². The van der Waals surface area contributed by atoms with Crippen LogP contribution in [0, 0.1) is 0 Å². The molecule has 0 aromatic rings. The molecule has 0 aliphatic carbocycles. The van der Waals surface area contributed by atoms with Gasteiger partial charge in [0, 0.05) is 6.42 Å². The molecule has 512 valence electrons. The lowest BCUT2D eigenvalue weighted by atomic mass is 10.0. The molecule has 0 saturated carbocycles. The number of nitrogens with one attached hydrogen (secondary N) is 1. The molecule has 9 heteroatoms. The highest BCUT2D eigenvalue weighted by Gasteiger charge is 2.28. The molecular weight excluding hydrogens is 1080 g/mol. The van der Waals surface area contributed by atoms with Crippen molar-refractivity contribution in [1.82, 2.24) is 5.32 Å². The molecular formula is C77H154N2O6P+. The van der Waals surface area contributed by atoms with Crippen LogP contribution in [0.25, 0.3) is 0 Å². The molecule has 86 heavy (non-hydrogen) atoms. The average molecular weight is 1240 g/mol. The number of aliphatic hydroxyl groups is 1. The normalized spacial score (nSPS) is 13.6. The lowest BCUT2D eigenvalue weighted by Crippen LogP contribution is -2.46. The number of carbonyl (C=O) groups is 1. The molecule has 8 nitrogen and oxygen atoms in total. The van der Waals surface area contributed by atoms with Crippen molar-refractivity contribution in [3.63, 3.8) is 0 Å². The van der Waals surface area contributed by atoms with Gasteiger partial charge in [0.05, 0.1) is 39.9 Å². The van der Waals surface area contributed by atoms with Crippen LogP contribution in [0.3, 0.4) is 0 Å². The Balaban J connectivity index is 3.94. The number of allylic oxidation sites excluding steroid dienone is 4. The Morgan fingerprint density at radius 2 is 0.663 bits per heavy atom. The Kier molecular flexibility index (Phi) is 67.5. The van der Waals surface area contributed by atoms with Gasteiger partial charge in [-0.2, -0.15) is 0 Å². The lowest BCUT2D eigenvalue weighted by molar-refractivity contribution is -0.870. The summed E-state index contributed by atoms with van der Waals surface area (Å²) < 4.78 is 24.0. The highest BCUT2D eigenvalue weighted by atomic mass is 31.2. The molecule has 0 aromatic heterocycles. The maximum absolute atomic E-state index is 13.1. The number of phosphoric acid groups is 1. The average Bonchev–Trinajstić information content (AvgIpc) is 3.70. The SMILES string of the molecule is CCCCCCC/C=C\C/C=C\CCCCCCCCCCCCCCCCCCCCCCCC(=O)NC(COP(=O)(O)OCC[N+](C)(C)C)C(O)CCCCCCCCCCCCCCCCCCCCCCCCCCCCCCCCC. The number of hydrogen-bond acceptors (Lipinski definition) is 5. The van der Waals surface area contributed by atoms with Crippen molar-refractivity contribution in [2.45, 2.75) is 424 Å². The van der Waals surface area contributed by atoms with Crippen molar-refractivity contribution in [1.29, 1.82) is 0 Å². The number of quaternary nitrogens is 1. The molecule has 0 saturated heterocycles. The molecule has 3 atom stereocenters. The number of carbonyl (C=O) groups excluding carboxylic acids is 1. The summed E-state index contributed by atoms with van der Waals surface area (Å²) in [7, 11) is 1.64. The highest BCUT2D eigenvalue weighted by Crippen LogP contribution is 2.43. The Labute approximate surface area is 538 Å². The third-order valence-corrected chi connectivity index (χ3v) is 19.2. The van der Waals surface area contributed by atoms with E-state index in [-0.39, 0.29) is 19.1 Å². The number of nitrogens with zero attached hydrogens (tertiary/aromatic N) is 1. The fraction of sp³-hybridized carbons (Fsp3) is 0.935.